The maximum atomic E-state index is 12.8. The molecule has 0 aromatic heterocycles. The van der Waals surface area contributed by atoms with Gasteiger partial charge in [0.15, 0.2) is 6.10 Å². The van der Waals surface area contributed by atoms with Crippen LogP contribution in [0.1, 0.15) is 188 Å². The molecule has 0 aromatic rings. The second-order valence-electron chi connectivity index (χ2n) is 17.2. The molecule has 0 aliphatic carbocycles. The van der Waals surface area contributed by atoms with Crippen molar-refractivity contribution in [2.75, 3.05) is 13.2 Å². The quantitative estimate of drug-likeness (QED) is 0.0199. The zero-order chi connectivity index (χ0) is 51.4. The second-order valence-corrected chi connectivity index (χ2v) is 17.2. The van der Waals surface area contributed by atoms with Crippen molar-refractivity contribution in [2.45, 2.75) is 194 Å². The van der Waals surface area contributed by atoms with E-state index in [0.717, 1.165) is 83.5 Å². The molecule has 71 heavy (non-hydrogen) atoms. The highest BCUT2D eigenvalue weighted by molar-refractivity contribution is 5.71. The largest absolute Gasteiger partial charge is 0.462 e. The summed E-state index contributed by atoms with van der Waals surface area (Å²) >= 11 is 0. The van der Waals surface area contributed by atoms with Crippen molar-refractivity contribution in [3.05, 3.63) is 182 Å². The fraction of sp³-hybridized carbons (Fsp3) is 0.492. The highest BCUT2D eigenvalue weighted by Gasteiger charge is 2.19. The van der Waals surface area contributed by atoms with Crippen LogP contribution in [0.25, 0.3) is 0 Å². The minimum absolute atomic E-state index is 0.156. The Morgan fingerprint density at radius 2 is 0.662 bits per heavy atom. The molecule has 0 N–H and O–H groups in total. The Kier molecular flexibility index (Phi) is 52.7. The van der Waals surface area contributed by atoms with E-state index in [1.54, 1.807) is 0 Å². The van der Waals surface area contributed by atoms with E-state index in [9.17, 15) is 14.4 Å². The molecule has 1 atom stereocenters. The molecule has 6 heteroatoms. The third-order valence-corrected chi connectivity index (χ3v) is 10.6. The van der Waals surface area contributed by atoms with Gasteiger partial charge in [-0.2, -0.15) is 0 Å². The Labute approximate surface area is 434 Å². The first-order valence-corrected chi connectivity index (χ1v) is 27.4. The van der Waals surface area contributed by atoms with Crippen LogP contribution in [0, 0.1) is 0 Å². The summed E-state index contributed by atoms with van der Waals surface area (Å²) in [7, 11) is 0. The zero-order valence-electron chi connectivity index (χ0n) is 44.6. The molecule has 0 heterocycles. The van der Waals surface area contributed by atoms with Crippen molar-refractivity contribution in [1.29, 1.82) is 0 Å². The Hall–Kier alpha value is -5.49. The van der Waals surface area contributed by atoms with Gasteiger partial charge in [0, 0.05) is 19.3 Å². The lowest BCUT2D eigenvalue weighted by Crippen LogP contribution is -2.30. The Balaban J connectivity index is 4.71. The van der Waals surface area contributed by atoms with Crippen molar-refractivity contribution in [3.8, 4) is 0 Å². The maximum absolute atomic E-state index is 12.8. The van der Waals surface area contributed by atoms with Crippen LogP contribution in [0.5, 0.6) is 0 Å². The lowest BCUT2D eigenvalue weighted by molar-refractivity contribution is -0.166. The minimum Gasteiger partial charge on any atom is -0.462 e. The predicted octanol–water partition coefficient (Wildman–Crippen LogP) is 18.5. The highest BCUT2D eigenvalue weighted by Crippen LogP contribution is 2.10. The van der Waals surface area contributed by atoms with Gasteiger partial charge in [-0.05, 0) is 109 Å². The zero-order valence-corrected chi connectivity index (χ0v) is 44.6. The summed E-state index contributed by atoms with van der Waals surface area (Å²) in [4.78, 5) is 38.1. The number of hydrogen-bond acceptors (Lipinski definition) is 6. The van der Waals surface area contributed by atoms with Crippen LogP contribution >= 0.6 is 0 Å². The first-order chi connectivity index (χ1) is 35.0. The SMILES string of the molecule is CC\C=C/C=C\C=C/C=C\C=C\C=C/CCCCCC(=O)OC(COC(=O)CC/C=C\C/C=C\C/C=C\C/C=C\C/C=C\C/C=C\CC)COC(=O)CCC/C=C\C/C=C\C/C=C\CCCCCCCC. The molecule has 392 valence electrons. The van der Waals surface area contributed by atoms with E-state index in [1.165, 1.54) is 44.9 Å². The van der Waals surface area contributed by atoms with Crippen LogP contribution < -0.4 is 0 Å². The van der Waals surface area contributed by atoms with E-state index in [1.807, 2.05) is 72.9 Å². The van der Waals surface area contributed by atoms with Crippen LogP contribution in [-0.2, 0) is 28.6 Å². The van der Waals surface area contributed by atoms with Gasteiger partial charge in [-0.15, -0.1) is 0 Å². The van der Waals surface area contributed by atoms with Crippen LogP contribution in [0.3, 0.4) is 0 Å². The smallest absolute Gasteiger partial charge is 0.306 e. The number of unbranched alkanes of at least 4 members (excludes halogenated alkanes) is 10. The third-order valence-electron chi connectivity index (χ3n) is 10.6. The van der Waals surface area contributed by atoms with Gasteiger partial charge >= 0.3 is 17.9 Å². The minimum atomic E-state index is -0.864. The summed E-state index contributed by atoms with van der Waals surface area (Å²) in [6, 6.07) is 0. The number of carbonyl (C=O) groups is 3. The molecule has 0 amide bonds. The molecule has 0 spiro atoms. The van der Waals surface area contributed by atoms with Gasteiger partial charge in [-0.1, -0.05) is 242 Å². The van der Waals surface area contributed by atoms with Gasteiger partial charge < -0.3 is 14.2 Å². The van der Waals surface area contributed by atoms with Gasteiger partial charge in [0.05, 0.1) is 0 Å². The fourth-order valence-corrected chi connectivity index (χ4v) is 6.51. The van der Waals surface area contributed by atoms with Gasteiger partial charge in [-0.25, -0.2) is 0 Å². The number of hydrogen-bond donors (Lipinski definition) is 0. The lowest BCUT2D eigenvalue weighted by Gasteiger charge is -2.18. The monoisotopic (exact) mass is 973 g/mol. The molecule has 0 aliphatic heterocycles. The Morgan fingerprint density at radius 3 is 1.15 bits per heavy atom. The lowest BCUT2D eigenvalue weighted by atomic mass is 10.1. The van der Waals surface area contributed by atoms with E-state index < -0.39 is 18.0 Å². The van der Waals surface area contributed by atoms with Gasteiger partial charge in [-0.3, -0.25) is 14.4 Å². The Bertz CT molecular complexity index is 1730. The van der Waals surface area contributed by atoms with Gasteiger partial charge in [0.1, 0.15) is 13.2 Å². The van der Waals surface area contributed by atoms with Crippen LogP contribution in [-0.4, -0.2) is 37.2 Å². The molecule has 0 saturated heterocycles. The van der Waals surface area contributed by atoms with E-state index in [2.05, 4.69) is 130 Å². The number of ether oxygens (including phenoxy) is 3. The molecule has 0 rings (SSSR count). The summed E-state index contributed by atoms with van der Waals surface area (Å²) in [5, 5.41) is 0. The van der Waals surface area contributed by atoms with Crippen LogP contribution in [0.2, 0.25) is 0 Å². The van der Waals surface area contributed by atoms with E-state index in [4.69, 9.17) is 14.2 Å². The van der Waals surface area contributed by atoms with E-state index >= 15 is 0 Å². The summed E-state index contributed by atoms with van der Waals surface area (Å²) in [5.74, 6) is -1.15. The number of rotatable bonds is 46. The summed E-state index contributed by atoms with van der Waals surface area (Å²) in [6.45, 7) is 6.19. The van der Waals surface area contributed by atoms with Crippen LogP contribution in [0.4, 0.5) is 0 Å². The molecule has 6 nitrogen and oxygen atoms in total. The molecule has 0 radical (unpaired) electrons. The molecular formula is C65H96O6. The molecular weight excluding hydrogens is 877 g/mol. The summed E-state index contributed by atoms with van der Waals surface area (Å²) in [5.41, 5.74) is 0. The van der Waals surface area contributed by atoms with Crippen LogP contribution in [0.15, 0.2) is 182 Å². The highest BCUT2D eigenvalue weighted by atomic mass is 16.6. The predicted molar refractivity (Wildman–Crippen MR) is 306 cm³/mol. The van der Waals surface area contributed by atoms with Gasteiger partial charge in [0.2, 0.25) is 0 Å². The first-order valence-electron chi connectivity index (χ1n) is 27.4. The van der Waals surface area contributed by atoms with Crippen molar-refractivity contribution in [3.63, 3.8) is 0 Å². The van der Waals surface area contributed by atoms with Gasteiger partial charge in [0.25, 0.3) is 0 Å². The summed E-state index contributed by atoms with van der Waals surface area (Å²) in [6.07, 6.45) is 86.1. The van der Waals surface area contributed by atoms with Crippen molar-refractivity contribution in [2.24, 2.45) is 0 Å². The van der Waals surface area contributed by atoms with E-state index in [-0.39, 0.29) is 38.4 Å². The average Bonchev–Trinajstić information content (AvgIpc) is 3.37. The standard InChI is InChI=1S/C65H96O6/c1-4-7-10-13-16-19-22-25-28-31-32-35-37-40-43-46-49-52-55-58-64(67)70-61-62(71-65(68)59-56-53-50-47-44-41-38-34-30-27-24-21-18-15-12-9-6-3)60-69-63(66)57-54-51-48-45-42-39-36-33-29-26-23-20-17-14-11-8-5-2/h7,9-10,12,15-16,18-19,21,24-30,32,34-36,38-41,43-45,48-49,52,62H,4-6,8,11,13-14,17,20,22-23,31,33,37,42,46-47,50-51,53-61H2,1-3H3/b10-7-,12-9-,18-15-,19-16-,24-21-,28-25-,29-26-,30-27-,35-32-,38-34+,39-36-,43-40-,44-41-,48-45-,52-49-. The maximum Gasteiger partial charge on any atom is 0.306 e. The molecule has 0 fully saturated rings. The van der Waals surface area contributed by atoms with Crippen molar-refractivity contribution < 1.29 is 28.6 Å². The topological polar surface area (TPSA) is 78.9 Å². The average molecular weight is 973 g/mol. The summed E-state index contributed by atoms with van der Waals surface area (Å²) < 4.78 is 16.7. The molecule has 0 aliphatic rings. The molecule has 1 unspecified atom stereocenters. The van der Waals surface area contributed by atoms with E-state index in [0.29, 0.717) is 19.3 Å². The second kappa shape index (κ2) is 57.1. The van der Waals surface area contributed by atoms with Crippen molar-refractivity contribution >= 4 is 17.9 Å². The first kappa shape index (κ1) is 65.5. The molecule has 0 saturated carbocycles. The molecule has 0 bridgehead atoms. The normalized spacial score (nSPS) is 13.6. The Morgan fingerprint density at radius 1 is 0.310 bits per heavy atom. The number of carbonyl (C=O) groups excluding carboxylic acids is 3. The fourth-order valence-electron chi connectivity index (χ4n) is 6.51. The number of esters is 3. The van der Waals surface area contributed by atoms with Crippen molar-refractivity contribution in [1.82, 2.24) is 0 Å². The molecule has 0 aromatic carbocycles. The third kappa shape index (κ3) is 55.3. The number of allylic oxidation sites excluding steroid dienone is 30.